The lowest BCUT2D eigenvalue weighted by atomic mass is 9.97. The molecule has 33 heavy (non-hydrogen) atoms. The van der Waals surface area contributed by atoms with Gasteiger partial charge in [0.25, 0.3) is 0 Å². The standard InChI is InChI=1S/C25H20F3NO4/c26-25(27,28)21-10-18(16-6-3-4-15(8-16)12-29)9-20-19(14-33-24(20)21)13-32-22-7-2-1-5-17(22)11-23(30)31/h1-10,14H,11-13,29H2,(H,30,31). The first-order valence-electron chi connectivity index (χ1n) is 10.1. The van der Waals surface area contributed by atoms with E-state index in [0.717, 1.165) is 11.6 Å². The Balaban J connectivity index is 1.75. The molecule has 0 atom stereocenters. The number of ether oxygens (including phenoxy) is 1. The maximum Gasteiger partial charge on any atom is 0.420 e. The molecular formula is C25H20F3NO4. The van der Waals surface area contributed by atoms with Gasteiger partial charge in [0.2, 0.25) is 0 Å². The van der Waals surface area contributed by atoms with Crippen molar-refractivity contribution in [3.8, 4) is 16.9 Å². The molecule has 0 aliphatic rings. The second-order valence-corrected chi connectivity index (χ2v) is 7.53. The second-order valence-electron chi connectivity index (χ2n) is 7.53. The smallest absolute Gasteiger partial charge is 0.420 e. The summed E-state index contributed by atoms with van der Waals surface area (Å²) in [5.41, 5.74) is 7.17. The molecule has 0 bridgehead atoms. The van der Waals surface area contributed by atoms with Gasteiger partial charge in [-0.05, 0) is 41.0 Å². The van der Waals surface area contributed by atoms with Crippen molar-refractivity contribution in [3.63, 3.8) is 0 Å². The first-order valence-corrected chi connectivity index (χ1v) is 10.1. The third kappa shape index (κ3) is 4.85. The highest BCUT2D eigenvalue weighted by atomic mass is 19.4. The van der Waals surface area contributed by atoms with Gasteiger partial charge >= 0.3 is 12.1 Å². The van der Waals surface area contributed by atoms with Crippen LogP contribution in [0.2, 0.25) is 0 Å². The third-order valence-corrected chi connectivity index (χ3v) is 5.25. The Hall–Kier alpha value is -3.78. The van der Waals surface area contributed by atoms with Crippen LogP contribution >= 0.6 is 0 Å². The molecule has 0 unspecified atom stereocenters. The topological polar surface area (TPSA) is 85.7 Å². The predicted molar refractivity (Wildman–Crippen MR) is 117 cm³/mol. The number of carboxylic acid groups (broad SMARTS) is 1. The molecule has 8 heteroatoms. The Kier molecular flexibility index (Phi) is 6.11. The molecule has 1 heterocycles. The fourth-order valence-electron chi connectivity index (χ4n) is 3.66. The van der Waals surface area contributed by atoms with Crippen molar-refractivity contribution in [2.75, 3.05) is 0 Å². The fourth-order valence-corrected chi connectivity index (χ4v) is 3.66. The number of carboxylic acids is 1. The Morgan fingerprint density at radius 3 is 2.52 bits per heavy atom. The maximum atomic E-state index is 13.8. The lowest BCUT2D eigenvalue weighted by molar-refractivity contribution is -0.137. The summed E-state index contributed by atoms with van der Waals surface area (Å²) < 4.78 is 52.6. The second kappa shape index (κ2) is 8.99. The molecule has 0 saturated heterocycles. The number of alkyl halides is 3. The minimum atomic E-state index is -4.62. The predicted octanol–water partition coefficient (Wildman–Crippen LogP) is 5.78. The number of carbonyl (C=O) groups is 1. The molecule has 0 amide bonds. The van der Waals surface area contributed by atoms with Crippen LogP contribution in [-0.2, 0) is 30.5 Å². The molecule has 4 aromatic rings. The van der Waals surface area contributed by atoms with Crippen LogP contribution in [0.3, 0.4) is 0 Å². The molecule has 3 N–H and O–H groups in total. The molecule has 0 radical (unpaired) electrons. The number of para-hydroxylation sites is 1. The number of furan rings is 1. The van der Waals surface area contributed by atoms with Gasteiger partial charge in [0, 0.05) is 23.1 Å². The number of hydrogen-bond acceptors (Lipinski definition) is 4. The molecule has 0 fully saturated rings. The lowest BCUT2D eigenvalue weighted by Crippen LogP contribution is -2.06. The Morgan fingerprint density at radius 2 is 1.79 bits per heavy atom. The van der Waals surface area contributed by atoms with E-state index in [1.54, 1.807) is 54.6 Å². The third-order valence-electron chi connectivity index (χ3n) is 5.25. The van der Waals surface area contributed by atoms with Gasteiger partial charge in [-0.15, -0.1) is 0 Å². The van der Waals surface area contributed by atoms with E-state index in [9.17, 15) is 18.0 Å². The molecule has 4 rings (SSSR count). The van der Waals surface area contributed by atoms with E-state index >= 15 is 0 Å². The van der Waals surface area contributed by atoms with Crippen LogP contribution in [0.5, 0.6) is 5.75 Å². The summed E-state index contributed by atoms with van der Waals surface area (Å²) in [6.45, 7) is 0.177. The summed E-state index contributed by atoms with van der Waals surface area (Å²) in [6.07, 6.45) is -3.62. The van der Waals surface area contributed by atoms with Crippen molar-refractivity contribution in [2.45, 2.75) is 25.7 Å². The van der Waals surface area contributed by atoms with Gasteiger partial charge < -0.3 is 20.0 Å². The number of rotatable bonds is 7. The number of benzene rings is 3. The molecule has 1 aromatic heterocycles. The van der Waals surface area contributed by atoms with Crippen LogP contribution in [0.4, 0.5) is 13.2 Å². The van der Waals surface area contributed by atoms with Crippen LogP contribution < -0.4 is 10.5 Å². The number of hydrogen-bond donors (Lipinski definition) is 2. The average molecular weight is 455 g/mol. The number of aliphatic carboxylic acids is 1. The summed E-state index contributed by atoms with van der Waals surface area (Å²) in [4.78, 5) is 11.1. The van der Waals surface area contributed by atoms with E-state index in [2.05, 4.69) is 0 Å². The van der Waals surface area contributed by atoms with Gasteiger partial charge in [-0.1, -0.05) is 36.4 Å². The summed E-state index contributed by atoms with van der Waals surface area (Å²) in [7, 11) is 0. The zero-order chi connectivity index (χ0) is 23.6. The summed E-state index contributed by atoms with van der Waals surface area (Å²) in [6, 6.07) is 16.3. The lowest BCUT2D eigenvalue weighted by Gasteiger charge is -2.12. The Bertz CT molecular complexity index is 1310. The highest BCUT2D eigenvalue weighted by Crippen LogP contribution is 2.40. The Labute approximate surface area is 187 Å². The first kappa shape index (κ1) is 22.4. The maximum absolute atomic E-state index is 13.8. The van der Waals surface area contributed by atoms with Crippen molar-refractivity contribution < 1.29 is 32.2 Å². The van der Waals surface area contributed by atoms with Crippen molar-refractivity contribution >= 4 is 16.9 Å². The molecule has 170 valence electrons. The normalized spacial score (nSPS) is 11.6. The summed E-state index contributed by atoms with van der Waals surface area (Å²) in [5, 5.41) is 9.35. The van der Waals surface area contributed by atoms with Crippen LogP contribution in [-0.4, -0.2) is 11.1 Å². The largest absolute Gasteiger partial charge is 0.488 e. The van der Waals surface area contributed by atoms with E-state index in [0.29, 0.717) is 28.0 Å². The highest BCUT2D eigenvalue weighted by Gasteiger charge is 2.35. The number of nitrogens with two attached hydrogens (primary N) is 1. The average Bonchev–Trinajstić information content (AvgIpc) is 3.19. The van der Waals surface area contributed by atoms with Gasteiger partial charge in [-0.3, -0.25) is 4.79 Å². The molecular weight excluding hydrogens is 435 g/mol. The van der Waals surface area contributed by atoms with Crippen LogP contribution in [0, 0.1) is 0 Å². The van der Waals surface area contributed by atoms with E-state index in [1.165, 1.54) is 6.26 Å². The molecule has 0 spiro atoms. The highest BCUT2D eigenvalue weighted by molar-refractivity contribution is 5.89. The number of halogens is 3. The SMILES string of the molecule is NCc1cccc(-c2cc(C(F)(F)F)c3occ(COc4ccccc4CC(=O)O)c3c2)c1. The quantitative estimate of drug-likeness (QED) is 0.369. The van der Waals surface area contributed by atoms with Gasteiger partial charge in [0.15, 0.2) is 0 Å². The van der Waals surface area contributed by atoms with Crippen molar-refractivity contribution in [2.24, 2.45) is 5.73 Å². The molecule has 3 aromatic carbocycles. The van der Waals surface area contributed by atoms with Gasteiger partial charge in [0.1, 0.15) is 17.9 Å². The van der Waals surface area contributed by atoms with Gasteiger partial charge in [-0.25, -0.2) is 0 Å². The zero-order valence-corrected chi connectivity index (χ0v) is 17.4. The Morgan fingerprint density at radius 1 is 1.00 bits per heavy atom. The molecule has 0 saturated carbocycles. The van der Waals surface area contributed by atoms with Crippen LogP contribution in [0.1, 0.15) is 22.3 Å². The van der Waals surface area contributed by atoms with Crippen molar-refractivity contribution in [1.29, 1.82) is 0 Å². The molecule has 0 aliphatic heterocycles. The minimum Gasteiger partial charge on any atom is -0.488 e. The number of fused-ring (bicyclic) bond motifs is 1. The van der Waals surface area contributed by atoms with Crippen molar-refractivity contribution in [1.82, 2.24) is 0 Å². The van der Waals surface area contributed by atoms with E-state index in [4.69, 9.17) is 20.0 Å². The summed E-state index contributed by atoms with van der Waals surface area (Å²) in [5.74, 6) is -0.670. The van der Waals surface area contributed by atoms with Crippen molar-refractivity contribution in [3.05, 3.63) is 89.2 Å². The molecule has 5 nitrogen and oxygen atoms in total. The van der Waals surface area contributed by atoms with E-state index < -0.39 is 17.7 Å². The first-order chi connectivity index (χ1) is 15.8. The summed E-state index contributed by atoms with van der Waals surface area (Å²) >= 11 is 0. The van der Waals surface area contributed by atoms with Crippen LogP contribution in [0.25, 0.3) is 22.1 Å². The van der Waals surface area contributed by atoms with Crippen LogP contribution in [0.15, 0.2) is 71.3 Å². The minimum absolute atomic E-state index is 0.0901. The monoisotopic (exact) mass is 455 g/mol. The van der Waals surface area contributed by atoms with E-state index in [-0.39, 0.29) is 30.5 Å². The van der Waals surface area contributed by atoms with Gasteiger partial charge in [0.05, 0.1) is 18.2 Å². The van der Waals surface area contributed by atoms with E-state index in [1.807, 2.05) is 0 Å². The zero-order valence-electron chi connectivity index (χ0n) is 17.4. The van der Waals surface area contributed by atoms with Gasteiger partial charge in [-0.2, -0.15) is 13.2 Å². The molecule has 0 aliphatic carbocycles. The fraction of sp³-hybridized carbons (Fsp3) is 0.160.